The zero-order valence-corrected chi connectivity index (χ0v) is 14.6. The maximum Gasteiger partial charge on any atom is 0.325 e. The molecule has 3 rings (SSSR count). The molecule has 6 amide bonds. The first kappa shape index (κ1) is 17.7. The minimum atomic E-state index is -1.24. The molecule has 0 unspecified atom stereocenters. The highest BCUT2D eigenvalue weighted by Crippen LogP contribution is 2.33. The summed E-state index contributed by atoms with van der Waals surface area (Å²) in [5, 5.41) is 5.22. The van der Waals surface area contributed by atoms with Gasteiger partial charge in [-0.3, -0.25) is 19.4 Å². The molecule has 138 valence electrons. The first-order valence-electron chi connectivity index (χ1n) is 8.29. The molecule has 0 radical (unpaired) electrons. The van der Waals surface area contributed by atoms with Crippen molar-refractivity contribution in [2.24, 2.45) is 0 Å². The first-order valence-corrected chi connectivity index (χ1v) is 8.29. The van der Waals surface area contributed by atoms with E-state index in [1.165, 1.54) is 7.11 Å². The lowest BCUT2D eigenvalue weighted by Crippen LogP contribution is -2.46. The molecule has 2 saturated heterocycles. The van der Waals surface area contributed by atoms with E-state index in [0.29, 0.717) is 24.3 Å². The van der Waals surface area contributed by atoms with E-state index in [1.807, 2.05) is 0 Å². The Bertz CT molecular complexity index is 763. The third-order valence-electron chi connectivity index (χ3n) is 4.74. The summed E-state index contributed by atoms with van der Waals surface area (Å²) in [6, 6.07) is 5.65. The van der Waals surface area contributed by atoms with Crippen LogP contribution in [0.25, 0.3) is 0 Å². The zero-order chi connectivity index (χ0) is 18.9. The Morgan fingerprint density at radius 3 is 2.42 bits per heavy atom. The second-order valence-corrected chi connectivity index (χ2v) is 6.09. The molecule has 1 atom stereocenters. The van der Waals surface area contributed by atoms with Gasteiger partial charge in [-0.05, 0) is 24.1 Å². The Balaban J connectivity index is 1.83. The summed E-state index contributed by atoms with van der Waals surface area (Å²) < 4.78 is 5.12. The minimum Gasteiger partial charge on any atom is -0.497 e. The second-order valence-electron chi connectivity index (χ2n) is 6.09. The number of rotatable bonds is 5. The number of nitrogens with zero attached hydrogens (tertiary/aromatic N) is 2. The number of imide groups is 2. The van der Waals surface area contributed by atoms with Gasteiger partial charge < -0.3 is 15.4 Å². The summed E-state index contributed by atoms with van der Waals surface area (Å²) in [7, 11) is 1.54. The van der Waals surface area contributed by atoms with Crippen LogP contribution in [0.5, 0.6) is 5.75 Å². The van der Waals surface area contributed by atoms with Gasteiger partial charge in [-0.1, -0.05) is 19.1 Å². The fourth-order valence-electron chi connectivity index (χ4n) is 3.21. The van der Waals surface area contributed by atoms with Gasteiger partial charge >= 0.3 is 12.1 Å². The third-order valence-corrected chi connectivity index (χ3v) is 4.74. The number of carbonyl (C=O) groups is 4. The lowest BCUT2D eigenvalue weighted by atomic mass is 9.87. The van der Waals surface area contributed by atoms with Crippen LogP contribution in [0.3, 0.4) is 0 Å². The molecule has 2 N–H and O–H groups in total. The number of amides is 6. The molecular formula is C17H20N4O5. The zero-order valence-electron chi connectivity index (χ0n) is 14.6. The van der Waals surface area contributed by atoms with Gasteiger partial charge in [0.2, 0.25) is 0 Å². The van der Waals surface area contributed by atoms with Gasteiger partial charge in [0.25, 0.3) is 11.8 Å². The van der Waals surface area contributed by atoms with Gasteiger partial charge in [-0.2, -0.15) is 0 Å². The Hall–Kier alpha value is -3.10. The van der Waals surface area contributed by atoms with Crippen LogP contribution in [0.2, 0.25) is 0 Å². The summed E-state index contributed by atoms with van der Waals surface area (Å²) in [5.74, 6) is -0.475. The van der Waals surface area contributed by atoms with Gasteiger partial charge in [0, 0.05) is 13.1 Å². The summed E-state index contributed by atoms with van der Waals surface area (Å²) >= 11 is 0. The molecule has 1 aromatic rings. The molecule has 0 spiro atoms. The average Bonchev–Trinajstić information content (AvgIpc) is 3.18. The maximum atomic E-state index is 13.0. The lowest BCUT2D eigenvalue weighted by molar-refractivity contribution is -0.137. The highest BCUT2D eigenvalue weighted by molar-refractivity contribution is 6.10. The molecule has 1 aromatic carbocycles. The van der Waals surface area contributed by atoms with E-state index in [0.717, 1.165) is 9.80 Å². The highest BCUT2D eigenvalue weighted by Gasteiger charge is 2.52. The summed E-state index contributed by atoms with van der Waals surface area (Å²) in [6.45, 7) is 1.88. The van der Waals surface area contributed by atoms with Gasteiger partial charge in [-0.15, -0.1) is 0 Å². The van der Waals surface area contributed by atoms with Crippen molar-refractivity contribution in [2.45, 2.75) is 18.9 Å². The number of nitrogens with one attached hydrogen (secondary N) is 2. The third kappa shape index (κ3) is 2.75. The van der Waals surface area contributed by atoms with Crippen LogP contribution in [-0.2, 0) is 15.1 Å². The van der Waals surface area contributed by atoms with E-state index in [9.17, 15) is 19.2 Å². The Kier molecular flexibility index (Phi) is 4.54. The van der Waals surface area contributed by atoms with Gasteiger partial charge in [0.15, 0.2) is 0 Å². The lowest BCUT2D eigenvalue weighted by Gasteiger charge is -2.26. The second kappa shape index (κ2) is 6.66. The molecule has 2 heterocycles. The number of carbonyl (C=O) groups excluding carboxylic acids is 4. The van der Waals surface area contributed by atoms with Crippen LogP contribution in [0.1, 0.15) is 18.9 Å². The van der Waals surface area contributed by atoms with Crippen molar-refractivity contribution in [3.8, 4) is 5.75 Å². The fraction of sp³-hybridized carbons (Fsp3) is 0.412. The van der Waals surface area contributed by atoms with Gasteiger partial charge in [0.05, 0.1) is 7.11 Å². The van der Waals surface area contributed by atoms with Crippen LogP contribution >= 0.6 is 0 Å². The molecule has 9 nitrogen and oxygen atoms in total. The largest absolute Gasteiger partial charge is 0.497 e. The molecule has 9 heteroatoms. The van der Waals surface area contributed by atoms with Crippen LogP contribution < -0.4 is 15.4 Å². The van der Waals surface area contributed by atoms with Crippen molar-refractivity contribution in [3.05, 3.63) is 29.8 Å². The van der Waals surface area contributed by atoms with E-state index in [-0.39, 0.29) is 6.54 Å². The molecule has 2 aliphatic rings. The van der Waals surface area contributed by atoms with Crippen molar-refractivity contribution in [1.82, 2.24) is 20.4 Å². The number of ether oxygens (including phenoxy) is 1. The monoisotopic (exact) mass is 360 g/mol. The maximum absolute atomic E-state index is 13.0. The fourth-order valence-corrected chi connectivity index (χ4v) is 3.21. The molecule has 0 aliphatic carbocycles. The quantitative estimate of drug-likeness (QED) is 0.739. The molecule has 2 fully saturated rings. The molecule has 0 saturated carbocycles. The van der Waals surface area contributed by atoms with Crippen molar-refractivity contribution < 1.29 is 23.9 Å². The van der Waals surface area contributed by atoms with Crippen molar-refractivity contribution in [1.29, 1.82) is 0 Å². The molecule has 0 aromatic heterocycles. The Labute approximate surface area is 150 Å². The van der Waals surface area contributed by atoms with Crippen LogP contribution in [0, 0.1) is 0 Å². The summed E-state index contributed by atoms with van der Waals surface area (Å²) in [4.78, 5) is 51.1. The van der Waals surface area contributed by atoms with Crippen LogP contribution in [0.4, 0.5) is 9.59 Å². The van der Waals surface area contributed by atoms with Crippen LogP contribution in [0.15, 0.2) is 24.3 Å². The summed E-state index contributed by atoms with van der Waals surface area (Å²) in [6.07, 6.45) is 0.318. The van der Waals surface area contributed by atoms with E-state index < -0.39 is 36.0 Å². The van der Waals surface area contributed by atoms with E-state index in [2.05, 4.69) is 10.6 Å². The summed E-state index contributed by atoms with van der Waals surface area (Å²) in [5.41, 5.74) is -0.635. The Morgan fingerprint density at radius 1 is 1.19 bits per heavy atom. The van der Waals surface area contributed by atoms with Gasteiger partial charge in [0.1, 0.15) is 17.8 Å². The van der Waals surface area contributed by atoms with E-state index >= 15 is 0 Å². The normalized spacial score (nSPS) is 22.5. The minimum absolute atomic E-state index is 0.221. The first-order chi connectivity index (χ1) is 12.4. The number of urea groups is 2. The predicted molar refractivity (Wildman–Crippen MR) is 90.3 cm³/mol. The van der Waals surface area contributed by atoms with Gasteiger partial charge in [-0.25, -0.2) is 9.59 Å². The molecule has 0 bridgehead atoms. The number of methoxy groups -OCH3 is 1. The van der Waals surface area contributed by atoms with E-state index in [1.54, 1.807) is 31.2 Å². The highest BCUT2D eigenvalue weighted by atomic mass is 16.5. The van der Waals surface area contributed by atoms with E-state index in [4.69, 9.17) is 4.74 Å². The SMILES string of the molecule is CC[C@@]1(c2ccc(OC)cc2)NC(=O)N(CC(=O)N2CCNC2=O)C1=O. The van der Waals surface area contributed by atoms with Crippen molar-refractivity contribution >= 4 is 23.9 Å². The number of hydrogen-bond acceptors (Lipinski definition) is 5. The Morgan fingerprint density at radius 2 is 1.88 bits per heavy atom. The topological polar surface area (TPSA) is 108 Å². The number of benzene rings is 1. The van der Waals surface area contributed by atoms with Crippen molar-refractivity contribution in [3.63, 3.8) is 0 Å². The molecule has 26 heavy (non-hydrogen) atoms. The number of hydrogen-bond donors (Lipinski definition) is 2. The molecular weight excluding hydrogens is 340 g/mol. The predicted octanol–water partition coefficient (Wildman–Crippen LogP) is 0.404. The standard InChI is InChI=1S/C17H20N4O5/c1-3-17(11-4-6-12(26-2)7-5-11)14(23)21(16(25)19-17)10-13(22)20-9-8-18-15(20)24/h4-7H,3,8-10H2,1-2H3,(H,18,24)(H,19,25)/t17-/m0/s1. The van der Waals surface area contributed by atoms with Crippen LogP contribution in [-0.4, -0.2) is 60.4 Å². The average molecular weight is 360 g/mol. The smallest absolute Gasteiger partial charge is 0.325 e. The molecule has 2 aliphatic heterocycles. The van der Waals surface area contributed by atoms with Crippen molar-refractivity contribution in [2.75, 3.05) is 26.7 Å².